The number of ether oxygens (including phenoxy) is 2. The lowest BCUT2D eigenvalue weighted by Gasteiger charge is -2.40. The van der Waals surface area contributed by atoms with Crippen LogP contribution in [0.4, 0.5) is 0 Å². The van der Waals surface area contributed by atoms with E-state index in [0.717, 1.165) is 0 Å². The smallest absolute Gasteiger partial charge is 0.246 e. The second-order valence-electron chi connectivity index (χ2n) is 27.2. The maximum Gasteiger partial charge on any atom is 0.246 e. The SMILES string of the molecule is CC(C)C[C@@H]1NC(=O)[C@H](CCCN)NC(=O)[C@H](C(C)C)NC(=O)[C@H](Cc2ccc(O)cc2)NC(=O)[C@H](CCC(N)=O)NC(=O)[C@H](CC(N)=O)NC(=O)[C@@H](Cc2ccccc2)NC(=O)[C@H](Cc2cn(CCO[C@@H]3O[C@H](CO)[C@@H](O)[C@H](O)[C@H]3N)nn2)NC(=O)[C@@H]2CCCN2C(=O)[C@@H](Cc2ccccc2)NC1=O. The van der Waals surface area contributed by atoms with Gasteiger partial charge in [-0.3, -0.25) is 57.5 Å². The van der Waals surface area contributed by atoms with E-state index in [1.54, 1.807) is 88.4 Å². The highest BCUT2D eigenvalue weighted by Gasteiger charge is 2.45. The van der Waals surface area contributed by atoms with E-state index in [4.69, 9.17) is 32.4 Å². The van der Waals surface area contributed by atoms with Crippen molar-refractivity contribution in [2.75, 3.05) is 26.3 Å². The Morgan fingerprint density at radius 3 is 1.67 bits per heavy atom. The van der Waals surface area contributed by atoms with Gasteiger partial charge in [0, 0.05) is 44.8 Å². The van der Waals surface area contributed by atoms with Gasteiger partial charge < -0.3 is 106 Å². The molecule has 4 heterocycles. The largest absolute Gasteiger partial charge is 0.508 e. The van der Waals surface area contributed by atoms with Crippen LogP contribution in [0.5, 0.6) is 5.75 Å². The van der Waals surface area contributed by atoms with Gasteiger partial charge in [0.05, 0.1) is 37.9 Å². The number of phenols is 1. The molecule has 7 rings (SSSR count). The Balaban J connectivity index is 1.31. The summed E-state index contributed by atoms with van der Waals surface area (Å²) in [7, 11) is 0. The fourth-order valence-corrected chi connectivity index (χ4v) is 12.4. The van der Waals surface area contributed by atoms with Crippen LogP contribution >= 0.6 is 0 Å². The Bertz CT molecular complexity index is 3630. The van der Waals surface area contributed by atoms with Gasteiger partial charge in [0.2, 0.25) is 70.9 Å². The molecule has 0 bridgehead atoms. The minimum absolute atomic E-state index is 0.0101. The topological polar surface area (TPSA) is 551 Å². The number of rotatable bonds is 24. The van der Waals surface area contributed by atoms with Crippen LogP contribution in [0.1, 0.15) is 101 Å². The number of carbonyl (C=O) groups excluding carboxylic acids is 12. The molecule has 1 aromatic heterocycles. The molecule has 0 unspecified atom stereocenters. The van der Waals surface area contributed by atoms with E-state index in [2.05, 4.69) is 58.2 Å². The maximum atomic E-state index is 15.3. The number of aliphatic hydroxyl groups is 3. The second-order valence-corrected chi connectivity index (χ2v) is 27.2. The van der Waals surface area contributed by atoms with E-state index in [1.165, 1.54) is 40.0 Å². The number of phenolic OH excluding ortho intramolecular Hbond substituents is 1. The number of fused-ring (bicyclic) bond motifs is 1. The summed E-state index contributed by atoms with van der Waals surface area (Å²) in [5.41, 5.74) is 24.8. The van der Waals surface area contributed by atoms with Crippen LogP contribution in [0.15, 0.2) is 91.1 Å². The lowest BCUT2D eigenvalue weighted by molar-refractivity contribution is -0.266. The van der Waals surface area contributed by atoms with E-state index in [0.29, 0.717) is 16.7 Å². The van der Waals surface area contributed by atoms with Crippen molar-refractivity contribution in [1.82, 2.24) is 67.7 Å². The van der Waals surface area contributed by atoms with E-state index >= 15 is 14.4 Å². The van der Waals surface area contributed by atoms with Crippen LogP contribution in [-0.2, 0) is 99.2 Å². The summed E-state index contributed by atoms with van der Waals surface area (Å²) in [6, 6.07) is 5.63. The highest BCUT2D eigenvalue weighted by atomic mass is 16.7. The standard InChI is InChI=1S/C70H99N17O18/c1-37(2)29-46-62(96)82-51(32-40-15-9-6-10-16-40)69(103)87-26-12-18-52(87)67(101)81-49(33-42-35-86(85-84-42)27-28-104-70-56(74)59(93)58(92)53(36-88)105-70)64(98)79-47(30-39-13-7-5-8-14-39)63(97)80-50(34-55(73)91)65(99)75-45(23-24-54(72)90)61(95)78-48(31-41-19-21-43(89)22-20-41)66(100)83-57(38(3)4)68(102)76-44(17-11-25-71)60(94)77-46/h5-10,13-16,19-22,35,37-38,44-53,56-59,70,88-89,92-93H,11-12,17-18,23-34,36,71,74H2,1-4H3,(H2,72,90)(H2,73,91)(H,75,99)(H,76,102)(H,77,94)(H,78,95)(H,79,98)(H,80,97)(H,81,101)(H,82,96)(H,83,100)/t44-,45-,46-,47+,48-,49-,50-,51+,52-,53+,56+,57-,58+,59+,70+/m0/s1. The molecule has 21 N–H and O–H groups in total. The molecule has 3 saturated heterocycles. The van der Waals surface area contributed by atoms with Crippen LogP contribution in [0.25, 0.3) is 0 Å². The Morgan fingerprint density at radius 2 is 1.10 bits per heavy atom. The van der Waals surface area contributed by atoms with Gasteiger partial charge in [-0.15, -0.1) is 5.10 Å². The van der Waals surface area contributed by atoms with Gasteiger partial charge in [0.15, 0.2) is 6.29 Å². The molecule has 3 aliphatic heterocycles. The van der Waals surface area contributed by atoms with E-state index in [1.807, 2.05) is 0 Å². The lowest BCUT2D eigenvalue weighted by Crippen LogP contribution is -2.62. The maximum absolute atomic E-state index is 15.3. The molecule has 12 amide bonds. The summed E-state index contributed by atoms with van der Waals surface area (Å²) in [4.78, 5) is 176. The molecule has 15 atom stereocenters. The van der Waals surface area contributed by atoms with Gasteiger partial charge in [-0.1, -0.05) is 106 Å². The Kier molecular flexibility index (Phi) is 31.1. The first-order valence-electron chi connectivity index (χ1n) is 35.1. The zero-order chi connectivity index (χ0) is 76.6. The number of nitrogens with zero attached hydrogens (tertiary/aromatic N) is 4. The monoisotopic (exact) mass is 1470 g/mol. The molecule has 0 radical (unpaired) electrons. The third-order valence-electron chi connectivity index (χ3n) is 18.1. The second kappa shape index (κ2) is 39.7. The molecule has 3 aromatic carbocycles. The molecule has 105 heavy (non-hydrogen) atoms. The molecule has 35 nitrogen and oxygen atoms in total. The highest BCUT2D eigenvalue weighted by Crippen LogP contribution is 2.24. The predicted octanol–water partition coefficient (Wildman–Crippen LogP) is -5.01. The molecule has 3 aliphatic rings. The first-order valence-corrected chi connectivity index (χ1v) is 35.1. The van der Waals surface area contributed by atoms with Crippen LogP contribution < -0.4 is 70.8 Å². The van der Waals surface area contributed by atoms with Gasteiger partial charge in [-0.25, -0.2) is 4.68 Å². The van der Waals surface area contributed by atoms with Gasteiger partial charge in [0.25, 0.3) is 0 Å². The van der Waals surface area contributed by atoms with E-state index < -0.39 is 200 Å². The minimum Gasteiger partial charge on any atom is -0.508 e. The molecular formula is C70H99N17O18. The fourth-order valence-electron chi connectivity index (χ4n) is 12.4. The number of aliphatic hydroxyl groups excluding tert-OH is 3. The minimum atomic E-state index is -1.93. The number of aromatic hydroxyl groups is 1. The molecule has 0 aliphatic carbocycles. The molecule has 0 saturated carbocycles. The van der Waals surface area contributed by atoms with Crippen molar-refractivity contribution in [3.05, 3.63) is 114 Å². The van der Waals surface area contributed by atoms with Gasteiger partial charge in [0.1, 0.15) is 84.5 Å². The van der Waals surface area contributed by atoms with Crippen molar-refractivity contribution in [2.45, 2.75) is 202 Å². The summed E-state index contributed by atoms with van der Waals surface area (Å²) >= 11 is 0. The Labute approximate surface area is 606 Å². The van der Waals surface area contributed by atoms with Crippen molar-refractivity contribution in [1.29, 1.82) is 0 Å². The lowest BCUT2D eigenvalue weighted by atomic mass is 9.98. The Hall–Kier alpha value is -10.0. The van der Waals surface area contributed by atoms with Crippen molar-refractivity contribution in [3.8, 4) is 5.75 Å². The first kappa shape index (κ1) is 82.2. The van der Waals surface area contributed by atoms with E-state index in [-0.39, 0.29) is 95.0 Å². The quantitative estimate of drug-likeness (QED) is 0.0312. The van der Waals surface area contributed by atoms with Crippen molar-refractivity contribution in [3.63, 3.8) is 0 Å². The van der Waals surface area contributed by atoms with Crippen LogP contribution in [0.2, 0.25) is 0 Å². The molecule has 572 valence electrons. The zero-order valence-electron chi connectivity index (χ0n) is 59.1. The normalized spacial score (nSPS) is 26.9. The van der Waals surface area contributed by atoms with Gasteiger partial charge >= 0.3 is 0 Å². The van der Waals surface area contributed by atoms with Crippen molar-refractivity contribution < 1.29 is 87.4 Å². The van der Waals surface area contributed by atoms with Crippen LogP contribution in [-0.4, -0.2) is 229 Å². The molecule has 3 fully saturated rings. The number of hydrogen-bond acceptors (Lipinski definition) is 22. The number of hydrogen-bond donors (Lipinski definition) is 17. The van der Waals surface area contributed by atoms with Crippen molar-refractivity contribution >= 4 is 70.9 Å². The van der Waals surface area contributed by atoms with Gasteiger partial charge in [-0.2, -0.15) is 0 Å². The molecule has 0 spiro atoms. The van der Waals surface area contributed by atoms with Crippen LogP contribution in [0.3, 0.4) is 0 Å². The van der Waals surface area contributed by atoms with Crippen LogP contribution in [0, 0.1) is 11.8 Å². The van der Waals surface area contributed by atoms with Gasteiger partial charge in [-0.05, 0) is 85.7 Å². The average Bonchev–Trinajstić information content (AvgIpc) is 0.890. The number of carbonyl (C=O) groups is 12. The zero-order valence-corrected chi connectivity index (χ0v) is 59.1. The molecule has 35 heteroatoms. The first-order chi connectivity index (χ1) is 50.0. The summed E-state index contributed by atoms with van der Waals surface area (Å²) in [6.45, 7) is 5.94. The highest BCUT2D eigenvalue weighted by molar-refractivity contribution is 6.01. The van der Waals surface area contributed by atoms with Crippen molar-refractivity contribution in [2.24, 2.45) is 34.8 Å². The third kappa shape index (κ3) is 24.5. The number of amides is 12. The number of aromatic nitrogens is 3. The fraction of sp³-hybridized carbons (Fsp3) is 0.543. The van der Waals surface area contributed by atoms with E-state index in [9.17, 15) is 63.6 Å². The number of nitrogens with one attached hydrogen (secondary N) is 9. The average molecular weight is 1470 g/mol. The number of benzene rings is 3. The summed E-state index contributed by atoms with van der Waals surface area (Å²) in [6.07, 6.45) is -6.86. The predicted molar refractivity (Wildman–Crippen MR) is 374 cm³/mol. The Morgan fingerprint density at radius 1 is 0.600 bits per heavy atom. The third-order valence-corrected chi connectivity index (χ3v) is 18.1. The summed E-state index contributed by atoms with van der Waals surface area (Å²) in [5, 5.41) is 73.0. The molecule has 4 aromatic rings. The summed E-state index contributed by atoms with van der Waals surface area (Å²) in [5.74, 6) is -12.7. The number of primary amides is 2. The summed E-state index contributed by atoms with van der Waals surface area (Å²) < 4.78 is 12.6. The molecular weight excluding hydrogens is 1370 g/mol. The number of nitrogens with two attached hydrogens (primary N) is 4.